The van der Waals surface area contributed by atoms with Crippen LogP contribution < -0.4 is 20.9 Å². The van der Waals surface area contributed by atoms with Gasteiger partial charge in [-0.1, -0.05) is 6.07 Å². The average Bonchev–Trinajstić information content (AvgIpc) is 3.89. The summed E-state index contributed by atoms with van der Waals surface area (Å²) in [6.45, 7) is 3.29. The molecule has 2 saturated heterocycles. The molecule has 0 bridgehead atoms. The highest BCUT2D eigenvalue weighted by Gasteiger charge is 2.45. The van der Waals surface area contributed by atoms with E-state index >= 15 is 0 Å². The number of nitrogens with one attached hydrogen (secondary N) is 3. The second-order valence-corrected chi connectivity index (χ2v) is 13.7. The Bertz CT molecular complexity index is 2260. The highest BCUT2D eigenvalue weighted by molar-refractivity contribution is 6.25. The Labute approximate surface area is 334 Å². The van der Waals surface area contributed by atoms with Crippen LogP contribution in [0.2, 0.25) is 0 Å². The molecule has 6 heterocycles. The molecule has 59 heavy (non-hydrogen) atoms. The first kappa shape index (κ1) is 40.8. The maximum atomic E-state index is 13.4. The van der Waals surface area contributed by atoms with E-state index in [1.54, 1.807) is 29.3 Å². The zero-order chi connectivity index (χ0) is 41.6. The number of amides is 6. The zero-order valence-electron chi connectivity index (χ0n) is 31.9. The molecule has 1 atom stereocenters. The number of aryl methyl sites for hydroxylation is 1. The molecule has 3 aromatic heterocycles. The second-order valence-electron chi connectivity index (χ2n) is 13.7. The fourth-order valence-corrected chi connectivity index (χ4v) is 6.94. The number of ether oxygens (including phenoxy) is 3. The normalized spacial score (nSPS) is 16.9. The first-order chi connectivity index (χ1) is 28.5. The third-order valence-electron chi connectivity index (χ3n) is 9.87. The lowest BCUT2D eigenvalue weighted by atomic mass is 10.0. The molecule has 1 unspecified atom stereocenters. The highest BCUT2D eigenvalue weighted by atomic mass is 19.3. The molecule has 0 saturated carbocycles. The highest BCUT2D eigenvalue weighted by Crippen LogP contribution is 2.32. The van der Waals surface area contributed by atoms with Gasteiger partial charge in [0.25, 0.3) is 24.1 Å². The number of aromatic nitrogens is 5. The molecule has 0 aliphatic carbocycles. The summed E-state index contributed by atoms with van der Waals surface area (Å²) in [7, 11) is 1.48. The van der Waals surface area contributed by atoms with Crippen molar-refractivity contribution in [1.82, 2.24) is 39.5 Å². The molecule has 3 aliphatic rings. The Morgan fingerprint density at radius 1 is 0.949 bits per heavy atom. The van der Waals surface area contributed by atoms with Crippen molar-refractivity contribution in [2.24, 2.45) is 7.05 Å². The van der Waals surface area contributed by atoms with Crippen LogP contribution in [-0.2, 0) is 35.6 Å². The van der Waals surface area contributed by atoms with Crippen molar-refractivity contribution in [2.45, 2.75) is 25.3 Å². The predicted molar refractivity (Wildman–Crippen MR) is 202 cm³/mol. The maximum absolute atomic E-state index is 13.4. The molecule has 6 amide bonds. The van der Waals surface area contributed by atoms with Gasteiger partial charge in [0.15, 0.2) is 11.3 Å². The smallest absolute Gasteiger partial charge is 0.284 e. The van der Waals surface area contributed by atoms with E-state index in [4.69, 9.17) is 14.2 Å². The van der Waals surface area contributed by atoms with E-state index in [-0.39, 0.29) is 86.4 Å². The van der Waals surface area contributed by atoms with Crippen molar-refractivity contribution in [2.75, 3.05) is 87.9 Å². The number of piperidine rings is 1. The molecule has 0 spiro atoms. The Hall–Kier alpha value is -6.39. The van der Waals surface area contributed by atoms with Crippen molar-refractivity contribution < 1.29 is 51.8 Å². The van der Waals surface area contributed by atoms with E-state index < -0.39 is 47.7 Å². The Morgan fingerprint density at radius 3 is 2.44 bits per heavy atom. The van der Waals surface area contributed by atoms with Gasteiger partial charge in [-0.25, -0.2) is 18.3 Å². The van der Waals surface area contributed by atoms with E-state index in [0.717, 1.165) is 4.90 Å². The molecular formula is C37H41F2N11O9. The maximum Gasteiger partial charge on any atom is 0.284 e. The average molecular weight is 822 g/mol. The van der Waals surface area contributed by atoms with Gasteiger partial charge in [-0.15, -0.1) is 0 Å². The summed E-state index contributed by atoms with van der Waals surface area (Å²) in [4.78, 5) is 85.1. The number of alkyl halides is 2. The predicted octanol–water partition coefficient (Wildman–Crippen LogP) is 0.864. The molecule has 20 nitrogen and oxygen atoms in total. The van der Waals surface area contributed by atoms with E-state index in [9.17, 15) is 37.5 Å². The van der Waals surface area contributed by atoms with Gasteiger partial charge in [0.05, 0.1) is 56.0 Å². The summed E-state index contributed by atoms with van der Waals surface area (Å²) >= 11 is 0. The lowest BCUT2D eigenvalue weighted by Crippen LogP contribution is -2.54. The van der Waals surface area contributed by atoms with E-state index in [2.05, 4.69) is 31.1 Å². The molecule has 4 aromatic rings. The van der Waals surface area contributed by atoms with Gasteiger partial charge in [0.2, 0.25) is 17.7 Å². The quantitative estimate of drug-likeness (QED) is 0.0994. The Morgan fingerprint density at radius 2 is 1.69 bits per heavy atom. The van der Waals surface area contributed by atoms with E-state index in [1.165, 1.54) is 34.7 Å². The van der Waals surface area contributed by atoms with Crippen molar-refractivity contribution in [3.63, 3.8) is 0 Å². The number of carbonyl (C=O) groups excluding carboxylic acids is 6. The number of carbonyl (C=O) groups is 6. The number of imide groups is 2. The SMILES string of the molecule is Cn1cc(NC(=O)c2cnn3ccc(N4CCN(C(=O)COCCOCCOCCNc5cccc6c5C(=O)N(C5CCC(=O)NC5=O)C6=O)CC4)nc23)c(C(F)F)n1. The van der Waals surface area contributed by atoms with Gasteiger partial charge in [0.1, 0.15) is 24.0 Å². The summed E-state index contributed by atoms with van der Waals surface area (Å²) in [6, 6.07) is 5.52. The van der Waals surface area contributed by atoms with Crippen LogP contribution in [0.5, 0.6) is 0 Å². The van der Waals surface area contributed by atoms with Crippen LogP contribution in [0.1, 0.15) is 56.0 Å². The molecular weight excluding hydrogens is 780 g/mol. The summed E-state index contributed by atoms with van der Waals surface area (Å²) in [5.41, 5.74) is 0.488. The topological polar surface area (TPSA) is 224 Å². The first-order valence-electron chi connectivity index (χ1n) is 18.8. The molecule has 2 fully saturated rings. The number of anilines is 3. The molecule has 1 aromatic carbocycles. The summed E-state index contributed by atoms with van der Waals surface area (Å²) in [5.74, 6) is -2.55. The van der Waals surface area contributed by atoms with Gasteiger partial charge < -0.3 is 34.6 Å². The van der Waals surface area contributed by atoms with Crippen LogP contribution in [0.15, 0.2) is 42.9 Å². The molecule has 22 heteroatoms. The number of rotatable bonds is 17. The van der Waals surface area contributed by atoms with Gasteiger partial charge >= 0.3 is 0 Å². The lowest BCUT2D eigenvalue weighted by molar-refractivity contribution is -0.137. The monoisotopic (exact) mass is 821 g/mol. The minimum Gasteiger partial charge on any atom is -0.382 e. The largest absolute Gasteiger partial charge is 0.382 e. The minimum atomic E-state index is -2.87. The van der Waals surface area contributed by atoms with Crippen molar-refractivity contribution in [3.8, 4) is 0 Å². The molecule has 312 valence electrons. The van der Waals surface area contributed by atoms with Gasteiger partial charge in [-0.2, -0.15) is 10.2 Å². The first-order valence-corrected chi connectivity index (χ1v) is 18.8. The van der Waals surface area contributed by atoms with Gasteiger partial charge in [-0.05, 0) is 24.6 Å². The number of hydrogen-bond acceptors (Lipinski definition) is 14. The number of halogens is 2. The number of nitrogens with zero attached hydrogens (tertiary/aromatic N) is 8. The van der Waals surface area contributed by atoms with Crippen LogP contribution in [0.25, 0.3) is 5.65 Å². The van der Waals surface area contributed by atoms with Crippen LogP contribution in [-0.4, -0.2) is 148 Å². The fourth-order valence-electron chi connectivity index (χ4n) is 6.94. The van der Waals surface area contributed by atoms with Crippen molar-refractivity contribution in [1.29, 1.82) is 0 Å². The summed E-state index contributed by atoms with van der Waals surface area (Å²) < 4.78 is 46.0. The fraction of sp³-hybridized carbons (Fsp3) is 0.432. The molecule has 3 N–H and O–H groups in total. The molecule has 7 rings (SSSR count). The van der Waals surface area contributed by atoms with Crippen LogP contribution in [0.3, 0.4) is 0 Å². The van der Waals surface area contributed by atoms with E-state index in [1.807, 2.05) is 4.90 Å². The van der Waals surface area contributed by atoms with Crippen molar-refractivity contribution in [3.05, 3.63) is 65.2 Å². The summed E-state index contributed by atoms with van der Waals surface area (Å²) in [5, 5.41) is 15.6. The number of hydrogen-bond donors (Lipinski definition) is 3. The number of fused-ring (bicyclic) bond motifs is 2. The second kappa shape index (κ2) is 18.0. The third kappa shape index (κ3) is 9.03. The molecule has 0 radical (unpaired) electrons. The third-order valence-corrected chi connectivity index (χ3v) is 9.87. The van der Waals surface area contributed by atoms with Crippen LogP contribution in [0, 0.1) is 0 Å². The van der Waals surface area contributed by atoms with Crippen LogP contribution in [0.4, 0.5) is 26.0 Å². The van der Waals surface area contributed by atoms with Gasteiger partial charge in [-0.3, -0.25) is 43.7 Å². The lowest BCUT2D eigenvalue weighted by Gasteiger charge is -2.35. The minimum absolute atomic E-state index is 0.0390. The Balaban J connectivity index is 0.763. The van der Waals surface area contributed by atoms with Crippen LogP contribution >= 0.6 is 0 Å². The Kier molecular flexibility index (Phi) is 12.5. The molecule has 3 aliphatic heterocycles. The number of benzene rings is 1. The summed E-state index contributed by atoms with van der Waals surface area (Å²) in [6.07, 6.45) is 1.50. The van der Waals surface area contributed by atoms with E-state index in [0.29, 0.717) is 44.2 Å². The number of piperazine rings is 1. The van der Waals surface area contributed by atoms with Gasteiger partial charge in [0, 0.05) is 64.3 Å². The van der Waals surface area contributed by atoms with Crippen molar-refractivity contribution >= 4 is 58.3 Å². The zero-order valence-corrected chi connectivity index (χ0v) is 31.9. The standard InChI is InChI=1S/C37H41F2N11O9/c1-46-20-25(31(45-46)32(38)39)42-34(53)23-19-41-49-9-7-27(43-33(23)49)47-10-12-48(13-11-47)29(52)21-59-18-17-58-16-15-57-14-8-40-24-4-2-3-22-30(24)37(56)50(36(22)55)26-5-6-28(51)44-35(26)54/h2-4,7,9,19-20,26,32,40H,5-6,8,10-18,21H2,1H3,(H,42,53)(H,44,51,54).